The molecule has 2 aromatic rings. The van der Waals surface area contributed by atoms with E-state index in [0.717, 1.165) is 16.1 Å². The van der Waals surface area contributed by atoms with Gasteiger partial charge in [0.2, 0.25) is 0 Å². The van der Waals surface area contributed by atoms with Crippen LogP contribution in [0.25, 0.3) is 5.69 Å². The van der Waals surface area contributed by atoms with Crippen LogP contribution in [-0.4, -0.2) is 26.9 Å². The topological polar surface area (TPSA) is 86.9 Å². The number of rotatable bonds is 4. The van der Waals surface area contributed by atoms with Gasteiger partial charge in [0.05, 0.1) is 17.4 Å². The van der Waals surface area contributed by atoms with Crippen molar-refractivity contribution < 1.29 is 4.79 Å². The fourth-order valence-corrected chi connectivity index (χ4v) is 2.62. The van der Waals surface area contributed by atoms with Crippen LogP contribution >= 0.6 is 24.0 Å². The molecule has 1 amide bonds. The lowest BCUT2D eigenvalue weighted by atomic mass is 10.1. The number of carbonyl (C=O) groups is 1. The molecule has 0 spiro atoms. The first kappa shape index (κ1) is 13.6. The molecular formula is C12H12N4OS2. The molecule has 0 aliphatic heterocycles. The van der Waals surface area contributed by atoms with E-state index in [4.69, 9.17) is 23.7 Å². The van der Waals surface area contributed by atoms with Crippen LogP contribution in [0, 0.1) is 0 Å². The maximum absolute atomic E-state index is 11.1. The van der Waals surface area contributed by atoms with E-state index in [9.17, 15) is 4.79 Å². The number of thiocarbonyl (C=S) groups is 1. The average molecular weight is 292 g/mol. The predicted octanol–water partition coefficient (Wildman–Crippen LogP) is 1.33. The van der Waals surface area contributed by atoms with Crippen LogP contribution in [0.3, 0.4) is 0 Å². The molecule has 1 heterocycles. The Morgan fingerprint density at radius 3 is 2.68 bits per heavy atom. The predicted molar refractivity (Wildman–Crippen MR) is 79.8 cm³/mol. The fourth-order valence-electron chi connectivity index (χ4n) is 1.71. The van der Waals surface area contributed by atoms with Crippen LogP contribution in [0.15, 0.2) is 35.5 Å². The summed E-state index contributed by atoms with van der Waals surface area (Å²) in [5.74, 6) is -0.524. The maximum Gasteiger partial charge on any atom is 0.251 e. The Morgan fingerprint density at radius 2 is 2.16 bits per heavy atom. The van der Waals surface area contributed by atoms with E-state index in [1.807, 2.05) is 24.5 Å². The first-order chi connectivity index (χ1) is 9.04. The molecule has 5 nitrogen and oxygen atoms in total. The van der Waals surface area contributed by atoms with Gasteiger partial charge < -0.3 is 11.5 Å². The zero-order valence-electron chi connectivity index (χ0n) is 10.2. The first-order valence-electron chi connectivity index (χ1n) is 5.36. The van der Waals surface area contributed by atoms with Crippen LogP contribution in [0.4, 0.5) is 0 Å². The molecule has 0 unspecified atom stereocenters. The molecule has 1 aromatic heterocycles. The fraction of sp³-hybridized carbons (Fsp3) is 0.0833. The lowest BCUT2D eigenvalue weighted by Crippen LogP contribution is -2.15. The number of nitrogens with zero attached hydrogens (tertiary/aromatic N) is 2. The number of aromatic nitrogens is 2. The van der Waals surface area contributed by atoms with Crippen LogP contribution in [0.2, 0.25) is 0 Å². The lowest BCUT2D eigenvalue weighted by Gasteiger charge is -2.12. The molecular weight excluding hydrogens is 280 g/mol. The number of benzene rings is 1. The van der Waals surface area contributed by atoms with E-state index in [0.29, 0.717) is 5.56 Å². The molecule has 2 rings (SSSR count). The third-order valence-electron chi connectivity index (χ3n) is 2.58. The van der Waals surface area contributed by atoms with Crippen molar-refractivity contribution >= 4 is 34.9 Å². The second-order valence-corrected chi connectivity index (χ2v) is 5.04. The Kier molecular flexibility index (Phi) is 3.87. The van der Waals surface area contributed by atoms with Gasteiger partial charge in [-0.15, -0.1) is 11.8 Å². The molecule has 0 saturated carbocycles. The maximum atomic E-state index is 11.1. The summed E-state index contributed by atoms with van der Waals surface area (Å²) in [5, 5.41) is 4.12. The zero-order valence-corrected chi connectivity index (χ0v) is 11.8. The summed E-state index contributed by atoms with van der Waals surface area (Å²) in [6.45, 7) is 0. The van der Waals surface area contributed by atoms with Crippen molar-refractivity contribution in [3.8, 4) is 5.69 Å². The molecule has 0 aliphatic carbocycles. The van der Waals surface area contributed by atoms with Crippen molar-refractivity contribution in [1.82, 2.24) is 9.78 Å². The van der Waals surface area contributed by atoms with Crippen LogP contribution < -0.4 is 11.5 Å². The van der Waals surface area contributed by atoms with Crippen LogP contribution in [0.5, 0.6) is 0 Å². The summed E-state index contributed by atoms with van der Waals surface area (Å²) in [7, 11) is 0. The van der Waals surface area contributed by atoms with Crippen LogP contribution in [-0.2, 0) is 0 Å². The zero-order chi connectivity index (χ0) is 14.0. The summed E-state index contributed by atoms with van der Waals surface area (Å²) < 4.78 is 1.55. The highest BCUT2D eigenvalue weighted by Gasteiger charge is 2.14. The van der Waals surface area contributed by atoms with E-state index < -0.39 is 5.91 Å². The second-order valence-electron chi connectivity index (χ2n) is 3.76. The minimum Gasteiger partial charge on any atom is -0.389 e. The molecule has 0 aliphatic rings. The second kappa shape index (κ2) is 5.41. The number of thioether (sulfide) groups is 1. The normalized spacial score (nSPS) is 10.4. The summed E-state index contributed by atoms with van der Waals surface area (Å²) >= 11 is 6.64. The smallest absolute Gasteiger partial charge is 0.251 e. The number of hydrogen-bond donors (Lipinski definition) is 2. The largest absolute Gasteiger partial charge is 0.389 e. The summed E-state index contributed by atoms with van der Waals surface area (Å²) in [5.41, 5.74) is 12.8. The first-order valence-corrected chi connectivity index (χ1v) is 6.99. The molecule has 7 heteroatoms. The number of nitrogens with two attached hydrogens (primary N) is 2. The Labute approximate surface area is 120 Å². The monoisotopic (exact) mass is 292 g/mol. The van der Waals surface area contributed by atoms with Gasteiger partial charge in [-0.2, -0.15) is 5.10 Å². The highest BCUT2D eigenvalue weighted by molar-refractivity contribution is 7.98. The van der Waals surface area contributed by atoms with Gasteiger partial charge in [0, 0.05) is 16.7 Å². The SMILES string of the molecule is CSc1cccc(-n2cc(C(N)=O)cn2)c1C(N)=S. The van der Waals surface area contributed by atoms with Crippen molar-refractivity contribution in [1.29, 1.82) is 0 Å². The van der Waals surface area contributed by atoms with Gasteiger partial charge in [-0.05, 0) is 18.4 Å². The van der Waals surface area contributed by atoms with E-state index in [-0.39, 0.29) is 4.99 Å². The molecule has 0 fully saturated rings. The van der Waals surface area contributed by atoms with Crippen molar-refractivity contribution in [3.05, 3.63) is 41.7 Å². The van der Waals surface area contributed by atoms with Gasteiger partial charge in [0.1, 0.15) is 4.99 Å². The number of carbonyl (C=O) groups excluding carboxylic acids is 1. The molecule has 0 bridgehead atoms. The Morgan fingerprint density at radius 1 is 1.42 bits per heavy atom. The Hall–Kier alpha value is -1.86. The number of amides is 1. The Balaban J connectivity index is 2.60. The summed E-state index contributed by atoms with van der Waals surface area (Å²) in [6.07, 6.45) is 4.92. The molecule has 98 valence electrons. The van der Waals surface area contributed by atoms with E-state index in [1.54, 1.807) is 22.6 Å². The van der Waals surface area contributed by atoms with Gasteiger partial charge in [-0.25, -0.2) is 4.68 Å². The minimum atomic E-state index is -0.524. The van der Waals surface area contributed by atoms with E-state index >= 15 is 0 Å². The Bertz CT molecular complexity index is 651. The van der Waals surface area contributed by atoms with Crippen molar-refractivity contribution in [3.63, 3.8) is 0 Å². The molecule has 4 N–H and O–H groups in total. The van der Waals surface area contributed by atoms with Gasteiger partial charge in [0.15, 0.2) is 0 Å². The van der Waals surface area contributed by atoms with E-state index in [2.05, 4.69) is 5.10 Å². The van der Waals surface area contributed by atoms with Crippen molar-refractivity contribution in [2.45, 2.75) is 4.90 Å². The highest BCUT2D eigenvalue weighted by Crippen LogP contribution is 2.26. The van der Waals surface area contributed by atoms with Gasteiger partial charge in [-0.1, -0.05) is 18.3 Å². The summed E-state index contributed by atoms with van der Waals surface area (Å²) in [4.78, 5) is 12.3. The minimum absolute atomic E-state index is 0.288. The molecule has 0 saturated heterocycles. The van der Waals surface area contributed by atoms with E-state index in [1.165, 1.54) is 6.20 Å². The van der Waals surface area contributed by atoms with Crippen molar-refractivity contribution in [2.24, 2.45) is 11.5 Å². The molecule has 0 atom stereocenters. The van der Waals surface area contributed by atoms with Gasteiger partial charge in [-0.3, -0.25) is 4.79 Å². The quantitative estimate of drug-likeness (QED) is 0.655. The van der Waals surface area contributed by atoms with Crippen LogP contribution in [0.1, 0.15) is 15.9 Å². The molecule has 1 aromatic carbocycles. The van der Waals surface area contributed by atoms with Gasteiger partial charge in [0.25, 0.3) is 5.91 Å². The van der Waals surface area contributed by atoms with Crippen molar-refractivity contribution in [2.75, 3.05) is 6.26 Å². The number of primary amides is 1. The van der Waals surface area contributed by atoms with Gasteiger partial charge >= 0.3 is 0 Å². The standard InChI is InChI=1S/C12H12N4OS2/c1-19-9-4-2-3-8(10(9)12(14)18)16-6-7(5-15-16)11(13)17/h2-6H,1H3,(H2,13,17)(H2,14,18). The highest BCUT2D eigenvalue weighted by atomic mass is 32.2. The molecule has 0 radical (unpaired) electrons. The third-order valence-corrected chi connectivity index (χ3v) is 3.57. The lowest BCUT2D eigenvalue weighted by molar-refractivity contribution is 0.100. The number of hydrogen-bond acceptors (Lipinski definition) is 4. The third kappa shape index (κ3) is 2.61. The average Bonchev–Trinajstić information content (AvgIpc) is 2.87. The molecule has 19 heavy (non-hydrogen) atoms. The summed E-state index contributed by atoms with van der Waals surface area (Å²) in [6, 6.07) is 5.65.